The summed E-state index contributed by atoms with van der Waals surface area (Å²) in [4.78, 5) is 22.6. The largest absolute Gasteiger partial charge is 0.422 e. The van der Waals surface area contributed by atoms with Crippen LogP contribution in [0.5, 0.6) is 0 Å². The molecule has 0 aliphatic carbocycles. The highest BCUT2D eigenvalue weighted by molar-refractivity contribution is 6.06. The lowest BCUT2D eigenvalue weighted by Crippen LogP contribution is -2.00. The summed E-state index contributed by atoms with van der Waals surface area (Å²) in [6.45, 7) is 3.68. The molecule has 18 heavy (non-hydrogen) atoms. The minimum atomic E-state index is -0.387. The van der Waals surface area contributed by atoms with Gasteiger partial charge in [-0.2, -0.15) is 0 Å². The van der Waals surface area contributed by atoms with Crippen molar-refractivity contribution in [1.82, 2.24) is 0 Å². The van der Waals surface area contributed by atoms with Crippen LogP contribution in [0.1, 0.15) is 11.1 Å². The summed E-state index contributed by atoms with van der Waals surface area (Å²) in [5.74, 6) is 0. The molecule has 3 rings (SSSR count). The number of fused-ring (bicyclic) bond motifs is 3. The van der Waals surface area contributed by atoms with Gasteiger partial charge in [-0.15, -0.1) is 0 Å². The van der Waals surface area contributed by atoms with Gasteiger partial charge in [-0.25, -0.2) is 9.59 Å². The van der Waals surface area contributed by atoms with E-state index in [1.807, 2.05) is 13.8 Å². The molecule has 0 spiro atoms. The fourth-order valence-corrected chi connectivity index (χ4v) is 2.16. The Morgan fingerprint density at radius 3 is 1.50 bits per heavy atom. The van der Waals surface area contributed by atoms with Crippen molar-refractivity contribution in [2.75, 3.05) is 0 Å². The van der Waals surface area contributed by atoms with Crippen molar-refractivity contribution < 1.29 is 8.83 Å². The highest BCUT2D eigenvalue weighted by Gasteiger charge is 2.12. The number of benzene rings is 1. The quantitative estimate of drug-likeness (QED) is 0.449. The third kappa shape index (κ3) is 1.39. The van der Waals surface area contributed by atoms with E-state index in [9.17, 15) is 9.59 Å². The SMILES string of the molecule is Cc1c(C)c2oc(=O)ccc2c2ccc(=O)oc12. The molecule has 0 radical (unpaired) electrons. The molecule has 2 aromatic heterocycles. The Morgan fingerprint density at radius 2 is 1.11 bits per heavy atom. The van der Waals surface area contributed by atoms with Gasteiger partial charge >= 0.3 is 11.3 Å². The van der Waals surface area contributed by atoms with Crippen molar-refractivity contribution in [2.24, 2.45) is 0 Å². The average Bonchev–Trinajstić information content (AvgIpc) is 2.36. The molecule has 0 bridgehead atoms. The van der Waals surface area contributed by atoms with Gasteiger partial charge in [-0.3, -0.25) is 0 Å². The van der Waals surface area contributed by atoms with Gasteiger partial charge in [0.05, 0.1) is 0 Å². The Morgan fingerprint density at radius 1 is 0.722 bits per heavy atom. The third-order valence-corrected chi connectivity index (χ3v) is 3.20. The smallest absolute Gasteiger partial charge is 0.336 e. The zero-order valence-electron chi connectivity index (χ0n) is 9.94. The Balaban J connectivity index is 2.70. The molecule has 0 saturated heterocycles. The third-order valence-electron chi connectivity index (χ3n) is 3.20. The molecular formula is C14H10O4. The van der Waals surface area contributed by atoms with Gasteiger partial charge in [0, 0.05) is 22.9 Å². The maximum absolute atomic E-state index is 11.3. The van der Waals surface area contributed by atoms with Gasteiger partial charge in [0.25, 0.3) is 0 Å². The van der Waals surface area contributed by atoms with Gasteiger partial charge in [0.2, 0.25) is 0 Å². The van der Waals surface area contributed by atoms with E-state index < -0.39 is 0 Å². The molecule has 2 heterocycles. The van der Waals surface area contributed by atoms with Crippen LogP contribution in [0, 0.1) is 13.8 Å². The minimum absolute atomic E-state index is 0.387. The fourth-order valence-electron chi connectivity index (χ4n) is 2.16. The lowest BCUT2D eigenvalue weighted by Gasteiger charge is -2.08. The van der Waals surface area contributed by atoms with Crippen molar-refractivity contribution in [1.29, 1.82) is 0 Å². The zero-order valence-corrected chi connectivity index (χ0v) is 9.94. The van der Waals surface area contributed by atoms with E-state index in [1.165, 1.54) is 12.1 Å². The van der Waals surface area contributed by atoms with Gasteiger partial charge in [-0.05, 0) is 37.1 Å². The maximum Gasteiger partial charge on any atom is 0.336 e. The van der Waals surface area contributed by atoms with E-state index in [1.54, 1.807) is 12.1 Å². The van der Waals surface area contributed by atoms with Crippen LogP contribution in [0.4, 0.5) is 0 Å². The monoisotopic (exact) mass is 242 g/mol. The van der Waals surface area contributed by atoms with Crippen molar-refractivity contribution in [3.8, 4) is 0 Å². The van der Waals surface area contributed by atoms with E-state index in [0.29, 0.717) is 11.2 Å². The second-order valence-electron chi connectivity index (χ2n) is 4.24. The van der Waals surface area contributed by atoms with Crippen LogP contribution < -0.4 is 11.3 Å². The van der Waals surface area contributed by atoms with Crippen LogP contribution in [-0.2, 0) is 0 Å². The molecule has 1 aromatic carbocycles. The summed E-state index contributed by atoms with van der Waals surface area (Å²) in [5, 5.41) is 1.55. The molecule has 0 fully saturated rings. The van der Waals surface area contributed by atoms with Crippen LogP contribution in [0.25, 0.3) is 21.9 Å². The molecule has 4 heteroatoms. The van der Waals surface area contributed by atoms with Crippen LogP contribution in [-0.4, -0.2) is 0 Å². The average molecular weight is 242 g/mol. The van der Waals surface area contributed by atoms with Crippen LogP contribution in [0.3, 0.4) is 0 Å². The summed E-state index contributed by atoms with van der Waals surface area (Å²) in [5.41, 5.74) is 1.93. The lowest BCUT2D eigenvalue weighted by molar-refractivity contribution is 0.550. The Kier molecular flexibility index (Phi) is 2.13. The van der Waals surface area contributed by atoms with Crippen molar-refractivity contribution >= 4 is 21.9 Å². The molecule has 3 aromatic rings. The van der Waals surface area contributed by atoms with Crippen molar-refractivity contribution in [2.45, 2.75) is 13.8 Å². The highest BCUT2D eigenvalue weighted by atomic mass is 16.4. The summed E-state index contributed by atoms with van der Waals surface area (Å²) in [6.07, 6.45) is 0. The molecule has 0 atom stereocenters. The van der Waals surface area contributed by atoms with Crippen LogP contribution in [0.15, 0.2) is 42.7 Å². The van der Waals surface area contributed by atoms with Gasteiger partial charge in [0.1, 0.15) is 11.2 Å². The zero-order chi connectivity index (χ0) is 12.9. The molecule has 0 unspecified atom stereocenters. The Bertz CT molecular complexity index is 809. The second-order valence-corrected chi connectivity index (χ2v) is 4.24. The summed E-state index contributed by atoms with van der Waals surface area (Å²) in [7, 11) is 0. The standard InChI is InChI=1S/C14H10O4/c1-7-8(2)14-10(4-6-12(16)18-14)9-3-5-11(15)17-13(7)9/h3-6H,1-2H3. The Hall–Kier alpha value is -2.36. The maximum atomic E-state index is 11.3. The minimum Gasteiger partial charge on any atom is -0.422 e. The molecule has 0 saturated carbocycles. The topological polar surface area (TPSA) is 60.4 Å². The molecule has 90 valence electrons. The second kappa shape index (κ2) is 3.57. The van der Waals surface area contributed by atoms with E-state index in [-0.39, 0.29) is 11.3 Å². The molecule has 4 nitrogen and oxygen atoms in total. The van der Waals surface area contributed by atoms with Crippen molar-refractivity contribution in [3.63, 3.8) is 0 Å². The normalized spacial score (nSPS) is 11.2. The molecule has 0 amide bonds. The first-order valence-corrected chi connectivity index (χ1v) is 5.55. The van der Waals surface area contributed by atoms with E-state index >= 15 is 0 Å². The first-order valence-electron chi connectivity index (χ1n) is 5.55. The summed E-state index contributed by atoms with van der Waals surface area (Å²) < 4.78 is 10.5. The lowest BCUT2D eigenvalue weighted by atomic mass is 10.0. The molecule has 0 aliphatic heterocycles. The van der Waals surface area contributed by atoms with E-state index in [0.717, 1.165) is 21.9 Å². The van der Waals surface area contributed by atoms with Crippen LogP contribution in [0.2, 0.25) is 0 Å². The summed E-state index contributed by atoms with van der Waals surface area (Å²) in [6, 6.07) is 6.11. The number of hydrogen-bond acceptors (Lipinski definition) is 4. The molecular weight excluding hydrogens is 232 g/mol. The number of aryl methyl sites for hydroxylation is 2. The highest BCUT2D eigenvalue weighted by Crippen LogP contribution is 2.30. The van der Waals surface area contributed by atoms with E-state index in [2.05, 4.69) is 0 Å². The van der Waals surface area contributed by atoms with Crippen molar-refractivity contribution in [3.05, 3.63) is 56.2 Å². The first kappa shape index (κ1) is 10.8. The Labute approximate surface area is 101 Å². The summed E-state index contributed by atoms with van der Waals surface area (Å²) >= 11 is 0. The number of rotatable bonds is 0. The molecule has 0 N–H and O–H groups in total. The van der Waals surface area contributed by atoms with E-state index in [4.69, 9.17) is 8.83 Å². The van der Waals surface area contributed by atoms with Crippen LogP contribution >= 0.6 is 0 Å². The molecule has 0 aliphatic rings. The van der Waals surface area contributed by atoms with Gasteiger partial charge < -0.3 is 8.83 Å². The van der Waals surface area contributed by atoms with Gasteiger partial charge in [-0.1, -0.05) is 0 Å². The fraction of sp³-hybridized carbons (Fsp3) is 0.143. The number of hydrogen-bond donors (Lipinski definition) is 0. The van der Waals surface area contributed by atoms with Gasteiger partial charge in [0.15, 0.2) is 0 Å². The predicted molar refractivity (Wildman–Crippen MR) is 68.0 cm³/mol. The first-order chi connectivity index (χ1) is 8.58. The predicted octanol–water partition coefficient (Wildman–Crippen LogP) is 2.52.